The SMILES string of the molecule is CC(=O)O[C@@H]1[C@@H](O[C@@H]2CC[C@@]34C[C@@]35CC[C@@]3(C)[C@H]([C@]6(C)CC[C@H](C(C)(C)O)O6)[C@H](O)C[C@]3(C)[C@H]5C[C@@H](O[C@H]3O[C@@H](CO)[C@H](O)[C@@H](O)[C@@H]3O)[C@@H]4C2(C)C)OC[C@H](O)[C@H]1OC(C)=O. The average Bonchev–Trinajstić information content (AvgIpc) is 3.52. The number of aliphatic hydroxyl groups excluding tert-OH is 6. The molecule has 0 aromatic carbocycles. The number of aliphatic hydroxyl groups is 7. The van der Waals surface area contributed by atoms with Crippen molar-refractivity contribution in [2.75, 3.05) is 13.2 Å². The summed E-state index contributed by atoms with van der Waals surface area (Å²) < 4.78 is 43.6. The maximum atomic E-state index is 12.4. The molecule has 0 bridgehead atoms. The van der Waals surface area contributed by atoms with Crippen molar-refractivity contribution in [1.82, 2.24) is 0 Å². The lowest BCUT2D eigenvalue weighted by molar-refractivity contribution is -0.339. The molecule has 61 heavy (non-hydrogen) atoms. The van der Waals surface area contributed by atoms with Gasteiger partial charge in [0.25, 0.3) is 0 Å². The van der Waals surface area contributed by atoms with E-state index in [4.69, 9.17) is 33.2 Å². The number of esters is 2. The summed E-state index contributed by atoms with van der Waals surface area (Å²) in [6.45, 7) is 16.1. The second-order valence-electron chi connectivity index (χ2n) is 22.2. The van der Waals surface area contributed by atoms with Crippen molar-refractivity contribution in [2.24, 2.45) is 44.8 Å². The molecule has 16 heteroatoms. The average molecular weight is 869 g/mol. The first-order valence-corrected chi connectivity index (χ1v) is 22.6. The summed E-state index contributed by atoms with van der Waals surface area (Å²) in [6, 6.07) is 0. The van der Waals surface area contributed by atoms with Crippen LogP contribution in [0.3, 0.4) is 0 Å². The lowest BCUT2D eigenvalue weighted by Crippen LogP contribution is -2.65. The maximum absolute atomic E-state index is 12.4. The maximum Gasteiger partial charge on any atom is 0.303 e. The van der Waals surface area contributed by atoms with Crippen LogP contribution in [0, 0.1) is 44.8 Å². The van der Waals surface area contributed by atoms with Crippen LogP contribution in [-0.2, 0) is 42.7 Å². The minimum Gasteiger partial charge on any atom is -0.455 e. The molecule has 0 aromatic rings. The second kappa shape index (κ2) is 15.3. The van der Waals surface area contributed by atoms with Crippen LogP contribution in [-0.4, -0.2) is 152 Å². The normalized spacial score (nSPS) is 53.8. The van der Waals surface area contributed by atoms with Crippen LogP contribution >= 0.6 is 0 Å². The summed E-state index contributed by atoms with van der Waals surface area (Å²) in [6.07, 6.45) is -7.80. The highest BCUT2D eigenvalue weighted by Gasteiger charge is 2.85. The van der Waals surface area contributed by atoms with Crippen LogP contribution in [0.5, 0.6) is 0 Å². The molecule has 2 spiro atoms. The Morgan fingerprint density at radius 2 is 1.43 bits per heavy atom. The van der Waals surface area contributed by atoms with Crippen LogP contribution in [0.25, 0.3) is 0 Å². The first-order chi connectivity index (χ1) is 28.3. The lowest BCUT2D eigenvalue weighted by atomic mass is 9.41. The first kappa shape index (κ1) is 46.0. The van der Waals surface area contributed by atoms with E-state index in [-0.39, 0.29) is 52.1 Å². The Morgan fingerprint density at radius 3 is 2.05 bits per heavy atom. The van der Waals surface area contributed by atoms with Crippen molar-refractivity contribution >= 4 is 11.9 Å². The highest BCUT2D eigenvalue weighted by Crippen LogP contribution is 2.89. The topological polar surface area (TPSA) is 240 Å². The van der Waals surface area contributed by atoms with E-state index in [9.17, 15) is 45.3 Å². The van der Waals surface area contributed by atoms with E-state index in [1.165, 1.54) is 13.8 Å². The van der Waals surface area contributed by atoms with E-state index in [2.05, 4.69) is 34.6 Å². The third kappa shape index (κ3) is 6.89. The van der Waals surface area contributed by atoms with Crippen molar-refractivity contribution < 1.29 is 78.5 Å². The Hall–Kier alpha value is -1.54. The Bertz CT molecular complexity index is 1680. The summed E-state index contributed by atoms with van der Waals surface area (Å²) in [5, 5.41) is 77.1. The van der Waals surface area contributed by atoms with E-state index in [0.29, 0.717) is 25.7 Å². The van der Waals surface area contributed by atoms with Gasteiger partial charge in [0.15, 0.2) is 24.8 Å². The molecule has 5 saturated carbocycles. The summed E-state index contributed by atoms with van der Waals surface area (Å²) in [7, 11) is 0. The van der Waals surface area contributed by atoms with Gasteiger partial charge in [-0.1, -0.05) is 27.7 Å². The molecule has 3 heterocycles. The number of carbonyl (C=O) groups is 2. The minimum atomic E-state index is -1.63. The molecular weight excluding hydrogens is 796 g/mol. The predicted molar refractivity (Wildman–Crippen MR) is 213 cm³/mol. The smallest absolute Gasteiger partial charge is 0.303 e. The molecule has 0 radical (unpaired) electrons. The summed E-state index contributed by atoms with van der Waals surface area (Å²) >= 11 is 0. The van der Waals surface area contributed by atoms with Gasteiger partial charge in [-0.05, 0) is 117 Å². The van der Waals surface area contributed by atoms with Crippen molar-refractivity contribution in [2.45, 2.75) is 211 Å². The second-order valence-corrected chi connectivity index (χ2v) is 22.2. The Balaban J connectivity index is 1.15. The van der Waals surface area contributed by atoms with Crippen molar-refractivity contribution in [1.29, 1.82) is 0 Å². The fourth-order valence-corrected chi connectivity index (χ4v) is 15.5. The van der Waals surface area contributed by atoms with Crippen LogP contribution in [0.1, 0.15) is 120 Å². The first-order valence-electron chi connectivity index (χ1n) is 22.6. The standard InChI is InChI=1S/C45H72O16/c1-21(47)56-33-24(50)19-55-38(34(33)57-22(2)48)60-28-11-13-45-20-44(45)15-14-41(7)35(43(9)12-10-29(61-43)40(5,6)54)23(49)17-42(41,8)27(44)16-25(36(45)39(28,3)4)58-37-32(53)31(52)30(51)26(18-46)59-37/h23-38,46,49-54H,10-20H2,1-9H3/t23-,24+,25-,26+,27-,28-,29-,30+,31-,32+,33-,34+,35-,36-,37+,38-,41+,42-,43+,44-,45+/m1/s1. The van der Waals surface area contributed by atoms with Gasteiger partial charge in [0.05, 0.1) is 48.8 Å². The molecule has 0 unspecified atom stereocenters. The lowest BCUT2D eigenvalue weighted by Gasteiger charge is -2.65. The molecule has 8 rings (SSSR count). The van der Waals surface area contributed by atoms with Gasteiger partial charge in [0.2, 0.25) is 0 Å². The number of carbonyl (C=O) groups excluding carboxylic acids is 2. The van der Waals surface area contributed by atoms with E-state index in [1.807, 2.05) is 0 Å². The molecule has 5 aliphatic carbocycles. The number of rotatable bonds is 9. The summed E-state index contributed by atoms with van der Waals surface area (Å²) in [4.78, 5) is 24.5. The Morgan fingerprint density at radius 1 is 0.754 bits per heavy atom. The molecule has 21 atom stereocenters. The van der Waals surface area contributed by atoms with Gasteiger partial charge in [0, 0.05) is 19.8 Å². The number of hydrogen-bond acceptors (Lipinski definition) is 16. The Kier molecular flexibility index (Phi) is 11.5. The fourth-order valence-electron chi connectivity index (χ4n) is 15.5. The van der Waals surface area contributed by atoms with Crippen molar-refractivity contribution in [3.8, 4) is 0 Å². The van der Waals surface area contributed by atoms with E-state index >= 15 is 0 Å². The zero-order valence-corrected chi connectivity index (χ0v) is 37.3. The van der Waals surface area contributed by atoms with Crippen LogP contribution in [0.4, 0.5) is 0 Å². The fraction of sp³-hybridized carbons (Fsp3) is 0.956. The molecular formula is C45H72O16. The molecule has 3 saturated heterocycles. The summed E-state index contributed by atoms with van der Waals surface area (Å²) in [5.41, 5.74) is -3.46. The number of ether oxygens (including phenoxy) is 7. The predicted octanol–water partition coefficient (Wildman–Crippen LogP) is 1.87. The highest BCUT2D eigenvalue weighted by atomic mass is 16.7. The molecule has 8 fully saturated rings. The number of fused-ring (bicyclic) bond motifs is 2. The van der Waals surface area contributed by atoms with E-state index in [1.54, 1.807) is 13.8 Å². The van der Waals surface area contributed by atoms with Crippen LogP contribution in [0.15, 0.2) is 0 Å². The molecule has 8 aliphatic rings. The van der Waals surface area contributed by atoms with Gasteiger partial charge in [-0.3, -0.25) is 9.59 Å². The quantitative estimate of drug-likeness (QED) is 0.129. The van der Waals surface area contributed by atoms with E-state index < -0.39 is 109 Å². The zero-order chi connectivity index (χ0) is 44.6. The molecule has 348 valence electrons. The van der Waals surface area contributed by atoms with Crippen LogP contribution in [0.2, 0.25) is 0 Å². The third-order valence-electron chi connectivity index (χ3n) is 18.2. The molecule has 7 N–H and O–H groups in total. The van der Waals surface area contributed by atoms with Crippen LogP contribution < -0.4 is 0 Å². The van der Waals surface area contributed by atoms with Gasteiger partial charge in [-0.2, -0.15) is 0 Å². The highest BCUT2D eigenvalue weighted by molar-refractivity contribution is 5.67. The molecule has 3 aliphatic heterocycles. The van der Waals surface area contributed by atoms with Gasteiger partial charge >= 0.3 is 11.9 Å². The van der Waals surface area contributed by atoms with Crippen molar-refractivity contribution in [3.05, 3.63) is 0 Å². The summed E-state index contributed by atoms with van der Waals surface area (Å²) in [5.74, 6) is -1.67. The zero-order valence-electron chi connectivity index (χ0n) is 37.3. The van der Waals surface area contributed by atoms with Gasteiger partial charge in [0.1, 0.15) is 30.5 Å². The molecule has 0 aromatic heterocycles. The third-order valence-corrected chi connectivity index (χ3v) is 18.2. The van der Waals surface area contributed by atoms with E-state index in [0.717, 1.165) is 32.1 Å². The number of hydrogen-bond donors (Lipinski definition) is 7. The minimum absolute atomic E-state index is 0.0638. The monoisotopic (exact) mass is 868 g/mol. The van der Waals surface area contributed by atoms with Crippen molar-refractivity contribution in [3.63, 3.8) is 0 Å². The molecule has 16 nitrogen and oxygen atoms in total. The van der Waals surface area contributed by atoms with Gasteiger partial charge < -0.3 is 68.9 Å². The van der Waals surface area contributed by atoms with Gasteiger partial charge in [-0.25, -0.2) is 0 Å². The molecule has 0 amide bonds. The largest absolute Gasteiger partial charge is 0.455 e. The Labute approximate surface area is 358 Å². The van der Waals surface area contributed by atoms with Gasteiger partial charge in [-0.15, -0.1) is 0 Å².